The van der Waals surface area contributed by atoms with Crippen molar-refractivity contribution in [3.8, 4) is 0 Å². The maximum Gasteiger partial charge on any atom is 0.312 e. The molecule has 1 aliphatic rings. The fourth-order valence-electron chi connectivity index (χ4n) is 3.05. The molecule has 7 heteroatoms. The number of hydrogen-bond donors (Lipinski definition) is 1. The molecule has 0 bridgehead atoms. The second kappa shape index (κ2) is 8.44. The van der Waals surface area contributed by atoms with Gasteiger partial charge in [-0.05, 0) is 55.8 Å². The third-order valence-corrected chi connectivity index (χ3v) is 4.91. The summed E-state index contributed by atoms with van der Waals surface area (Å²) in [6, 6.07) is 13.9. The first-order valence-corrected chi connectivity index (χ1v) is 9.48. The first-order valence-electron chi connectivity index (χ1n) is 9.11. The van der Waals surface area contributed by atoms with E-state index in [4.69, 9.17) is 11.6 Å². The monoisotopic (exact) mass is 399 g/mol. The molecule has 0 spiro atoms. The quantitative estimate of drug-likeness (QED) is 0.785. The van der Waals surface area contributed by atoms with Crippen LogP contribution in [0.4, 0.5) is 5.69 Å². The minimum absolute atomic E-state index is 0.0111. The lowest BCUT2D eigenvalue weighted by Crippen LogP contribution is -2.55. The summed E-state index contributed by atoms with van der Waals surface area (Å²) in [5.74, 6) is -1.17. The molecule has 1 heterocycles. The molecule has 1 saturated heterocycles. The number of nitrogens with zero attached hydrogens (tertiary/aromatic N) is 2. The van der Waals surface area contributed by atoms with E-state index in [0.29, 0.717) is 35.9 Å². The number of nitrogens with one attached hydrogen (secondary N) is 1. The normalized spacial score (nSPS) is 14.6. The van der Waals surface area contributed by atoms with Gasteiger partial charge in [0.15, 0.2) is 0 Å². The molecule has 2 aromatic carbocycles. The molecule has 3 rings (SSSR count). The Balaban J connectivity index is 1.61. The van der Waals surface area contributed by atoms with Gasteiger partial charge in [-0.15, -0.1) is 0 Å². The zero-order chi connectivity index (χ0) is 20.3. The van der Waals surface area contributed by atoms with E-state index in [1.54, 1.807) is 58.3 Å². The lowest BCUT2D eigenvalue weighted by Gasteiger charge is -2.36. The highest BCUT2D eigenvalue weighted by molar-refractivity contribution is 6.35. The fourth-order valence-corrected chi connectivity index (χ4v) is 3.18. The van der Waals surface area contributed by atoms with Gasteiger partial charge in [0.2, 0.25) is 0 Å². The molecule has 1 fully saturated rings. The minimum Gasteiger partial charge on any atom is -0.330 e. The predicted molar refractivity (Wildman–Crippen MR) is 108 cm³/mol. The Bertz CT molecular complexity index is 879. The van der Waals surface area contributed by atoms with Gasteiger partial charge in [0.1, 0.15) is 0 Å². The molecule has 146 valence electrons. The Morgan fingerprint density at radius 2 is 1.64 bits per heavy atom. The molecule has 0 atom stereocenters. The van der Waals surface area contributed by atoms with E-state index in [9.17, 15) is 14.4 Å². The number of piperazine rings is 1. The number of amides is 3. The van der Waals surface area contributed by atoms with E-state index >= 15 is 0 Å². The summed E-state index contributed by atoms with van der Waals surface area (Å²) >= 11 is 5.84. The van der Waals surface area contributed by atoms with E-state index in [1.807, 2.05) is 13.8 Å². The van der Waals surface area contributed by atoms with Gasteiger partial charge in [0, 0.05) is 41.9 Å². The number of benzene rings is 2. The van der Waals surface area contributed by atoms with Gasteiger partial charge in [-0.25, -0.2) is 0 Å². The van der Waals surface area contributed by atoms with Crippen LogP contribution in [0.5, 0.6) is 0 Å². The average Bonchev–Trinajstić information content (AvgIpc) is 2.67. The van der Waals surface area contributed by atoms with E-state index < -0.39 is 11.8 Å². The van der Waals surface area contributed by atoms with Gasteiger partial charge < -0.3 is 15.1 Å². The first-order chi connectivity index (χ1) is 13.3. The Labute approximate surface area is 169 Å². The van der Waals surface area contributed by atoms with Crippen LogP contribution >= 0.6 is 11.6 Å². The molecular weight excluding hydrogens is 378 g/mol. The van der Waals surface area contributed by atoms with Gasteiger partial charge in [-0.2, -0.15) is 0 Å². The molecule has 1 N–H and O–H groups in total. The van der Waals surface area contributed by atoms with Crippen LogP contribution < -0.4 is 5.32 Å². The van der Waals surface area contributed by atoms with Crippen molar-refractivity contribution in [2.75, 3.05) is 18.4 Å². The molecular formula is C21H22ClN3O3. The van der Waals surface area contributed by atoms with E-state index in [0.717, 1.165) is 5.56 Å². The number of rotatable bonds is 5. The molecule has 28 heavy (non-hydrogen) atoms. The summed E-state index contributed by atoms with van der Waals surface area (Å²) in [6.45, 7) is 5.17. The van der Waals surface area contributed by atoms with Crippen LogP contribution in [-0.2, 0) is 16.1 Å². The summed E-state index contributed by atoms with van der Waals surface area (Å²) < 4.78 is 0. The summed E-state index contributed by atoms with van der Waals surface area (Å²) in [7, 11) is 0. The summed E-state index contributed by atoms with van der Waals surface area (Å²) in [4.78, 5) is 40.0. The van der Waals surface area contributed by atoms with Crippen molar-refractivity contribution in [2.24, 2.45) is 0 Å². The van der Waals surface area contributed by atoms with Crippen molar-refractivity contribution in [3.05, 3.63) is 64.7 Å². The van der Waals surface area contributed by atoms with Crippen molar-refractivity contribution < 1.29 is 14.4 Å². The lowest BCUT2D eigenvalue weighted by atomic mass is 10.1. The van der Waals surface area contributed by atoms with Crippen LogP contribution in [0.2, 0.25) is 5.02 Å². The van der Waals surface area contributed by atoms with Crippen LogP contribution in [-0.4, -0.2) is 46.7 Å². The molecule has 2 aromatic rings. The number of anilines is 1. The highest BCUT2D eigenvalue weighted by atomic mass is 35.5. The molecule has 3 amide bonds. The van der Waals surface area contributed by atoms with Crippen LogP contribution in [0.25, 0.3) is 0 Å². The topological polar surface area (TPSA) is 69.7 Å². The third-order valence-electron chi connectivity index (χ3n) is 4.66. The van der Waals surface area contributed by atoms with E-state index in [-0.39, 0.29) is 11.9 Å². The maximum atomic E-state index is 12.3. The van der Waals surface area contributed by atoms with Gasteiger partial charge in [0.05, 0.1) is 0 Å². The van der Waals surface area contributed by atoms with Crippen molar-refractivity contribution >= 4 is 35.0 Å². The second-order valence-electron chi connectivity index (χ2n) is 6.98. The first kappa shape index (κ1) is 19.9. The Hall–Kier alpha value is -2.86. The van der Waals surface area contributed by atoms with Crippen molar-refractivity contribution in [1.82, 2.24) is 9.80 Å². The smallest absolute Gasteiger partial charge is 0.312 e. The maximum absolute atomic E-state index is 12.3. The fraction of sp³-hybridized carbons (Fsp3) is 0.286. The Morgan fingerprint density at radius 1 is 1.00 bits per heavy atom. The molecule has 0 radical (unpaired) electrons. The molecule has 6 nitrogen and oxygen atoms in total. The van der Waals surface area contributed by atoms with Gasteiger partial charge in [0.25, 0.3) is 5.91 Å². The highest BCUT2D eigenvalue weighted by Crippen LogP contribution is 2.16. The molecule has 0 unspecified atom stereocenters. The van der Waals surface area contributed by atoms with Crippen molar-refractivity contribution in [2.45, 2.75) is 26.4 Å². The van der Waals surface area contributed by atoms with Gasteiger partial charge in [-0.3, -0.25) is 14.4 Å². The Morgan fingerprint density at radius 3 is 2.25 bits per heavy atom. The summed E-state index contributed by atoms with van der Waals surface area (Å²) in [5, 5.41) is 3.40. The summed E-state index contributed by atoms with van der Waals surface area (Å²) in [5.41, 5.74) is 2.03. The highest BCUT2D eigenvalue weighted by Gasteiger charge is 2.33. The molecule has 0 aliphatic carbocycles. The van der Waals surface area contributed by atoms with Gasteiger partial charge in [-0.1, -0.05) is 23.7 Å². The van der Waals surface area contributed by atoms with Crippen molar-refractivity contribution in [1.29, 1.82) is 0 Å². The zero-order valence-electron chi connectivity index (χ0n) is 15.8. The number of carbonyl (C=O) groups is 3. The van der Waals surface area contributed by atoms with Crippen LogP contribution in [0.1, 0.15) is 29.8 Å². The molecule has 0 aromatic heterocycles. The van der Waals surface area contributed by atoms with Crippen LogP contribution in [0, 0.1) is 0 Å². The number of carbonyl (C=O) groups excluding carboxylic acids is 3. The molecule has 1 aliphatic heterocycles. The van der Waals surface area contributed by atoms with E-state index in [1.165, 1.54) is 0 Å². The van der Waals surface area contributed by atoms with Gasteiger partial charge >= 0.3 is 11.8 Å². The largest absolute Gasteiger partial charge is 0.330 e. The lowest BCUT2D eigenvalue weighted by molar-refractivity contribution is -0.157. The summed E-state index contributed by atoms with van der Waals surface area (Å²) in [6.07, 6.45) is 0. The Kier molecular flexibility index (Phi) is 5.99. The predicted octanol–water partition coefficient (Wildman–Crippen LogP) is 3.17. The molecule has 0 saturated carbocycles. The number of halogens is 1. The average molecular weight is 400 g/mol. The van der Waals surface area contributed by atoms with Crippen molar-refractivity contribution in [3.63, 3.8) is 0 Å². The third kappa shape index (κ3) is 4.51. The second-order valence-corrected chi connectivity index (χ2v) is 7.41. The SMILES string of the molecule is CC(C)N1CCN(Cc2ccc(C(=O)Nc3ccc(Cl)cc3)cc2)C(=O)C1=O. The van der Waals surface area contributed by atoms with Crippen LogP contribution in [0.3, 0.4) is 0 Å². The van der Waals surface area contributed by atoms with Crippen LogP contribution in [0.15, 0.2) is 48.5 Å². The standard InChI is InChI=1S/C21H22ClN3O3/c1-14(2)25-12-11-24(20(27)21(25)28)13-15-3-5-16(6-4-15)19(26)23-18-9-7-17(22)8-10-18/h3-10,14H,11-13H2,1-2H3,(H,23,26). The number of hydrogen-bond acceptors (Lipinski definition) is 3. The zero-order valence-corrected chi connectivity index (χ0v) is 16.6. The minimum atomic E-state index is -0.482. The van der Waals surface area contributed by atoms with E-state index in [2.05, 4.69) is 5.32 Å².